The summed E-state index contributed by atoms with van der Waals surface area (Å²) in [6.45, 7) is 4.64. The second-order valence-electron chi connectivity index (χ2n) is 6.60. The van der Waals surface area contributed by atoms with Crippen LogP contribution in [0.5, 0.6) is 0 Å². The van der Waals surface area contributed by atoms with Gasteiger partial charge in [0.1, 0.15) is 5.65 Å². The maximum absolute atomic E-state index is 5.93. The summed E-state index contributed by atoms with van der Waals surface area (Å²) in [5.74, 6) is 0.482. The van der Waals surface area contributed by atoms with Gasteiger partial charge in [0, 0.05) is 50.6 Å². The summed E-state index contributed by atoms with van der Waals surface area (Å²) >= 11 is 0. The molecular formula is C18H23N5O. The summed E-state index contributed by atoms with van der Waals surface area (Å²) in [6.07, 6.45) is 9.23. The molecule has 0 saturated carbocycles. The lowest BCUT2D eigenvalue weighted by Crippen LogP contribution is -2.25. The number of pyridine rings is 1. The van der Waals surface area contributed by atoms with E-state index < -0.39 is 0 Å². The van der Waals surface area contributed by atoms with Crippen molar-refractivity contribution < 1.29 is 4.74 Å². The zero-order valence-electron chi connectivity index (χ0n) is 14.1. The van der Waals surface area contributed by atoms with Crippen molar-refractivity contribution in [3.05, 3.63) is 53.7 Å². The van der Waals surface area contributed by atoms with Crippen molar-refractivity contribution in [2.45, 2.75) is 26.0 Å². The summed E-state index contributed by atoms with van der Waals surface area (Å²) in [7, 11) is 1.94. The Labute approximate surface area is 141 Å². The van der Waals surface area contributed by atoms with Gasteiger partial charge >= 0.3 is 0 Å². The van der Waals surface area contributed by atoms with Crippen LogP contribution in [0.3, 0.4) is 0 Å². The van der Waals surface area contributed by atoms with E-state index in [-0.39, 0.29) is 6.10 Å². The van der Waals surface area contributed by atoms with Gasteiger partial charge in [-0.3, -0.25) is 4.68 Å². The van der Waals surface area contributed by atoms with Crippen LogP contribution < -0.4 is 5.32 Å². The van der Waals surface area contributed by atoms with Gasteiger partial charge in [0.05, 0.1) is 24.2 Å². The molecule has 6 heteroatoms. The van der Waals surface area contributed by atoms with E-state index in [1.807, 2.05) is 24.1 Å². The SMILES string of the molecule is Cc1ccn2c(CNC[C@H]3CCO[C@@H]3c3cnn(C)c3)cnc2c1. The van der Waals surface area contributed by atoms with Gasteiger partial charge in [-0.2, -0.15) is 5.10 Å². The van der Waals surface area contributed by atoms with E-state index >= 15 is 0 Å². The minimum Gasteiger partial charge on any atom is -0.373 e. The summed E-state index contributed by atoms with van der Waals surface area (Å²) < 4.78 is 9.90. The summed E-state index contributed by atoms with van der Waals surface area (Å²) in [5, 5.41) is 7.84. The number of rotatable bonds is 5. The average molecular weight is 325 g/mol. The molecule has 4 rings (SSSR count). The standard InChI is InChI=1S/C18H23N5O/c1-13-3-5-23-16(11-20-17(23)7-13)10-19-8-14-4-6-24-18(14)15-9-21-22(2)12-15/h3,5,7,9,11-12,14,18-19H,4,6,8,10H2,1-2H3/t14-,18+/m1/s1. The molecule has 0 aromatic carbocycles. The number of nitrogens with zero attached hydrogens (tertiary/aromatic N) is 4. The van der Waals surface area contributed by atoms with E-state index in [1.165, 1.54) is 16.8 Å². The van der Waals surface area contributed by atoms with Crippen molar-refractivity contribution in [1.29, 1.82) is 0 Å². The molecule has 1 saturated heterocycles. The van der Waals surface area contributed by atoms with E-state index in [2.05, 4.69) is 51.3 Å². The summed E-state index contributed by atoms with van der Waals surface area (Å²) in [4.78, 5) is 4.48. The van der Waals surface area contributed by atoms with E-state index in [4.69, 9.17) is 4.74 Å². The lowest BCUT2D eigenvalue weighted by atomic mass is 9.97. The van der Waals surface area contributed by atoms with Crippen molar-refractivity contribution >= 4 is 5.65 Å². The molecular weight excluding hydrogens is 302 g/mol. The van der Waals surface area contributed by atoms with Crippen LogP contribution in [-0.4, -0.2) is 32.3 Å². The molecule has 1 fully saturated rings. The van der Waals surface area contributed by atoms with Gasteiger partial charge in [-0.15, -0.1) is 0 Å². The third-order valence-corrected chi connectivity index (χ3v) is 4.73. The van der Waals surface area contributed by atoms with Gasteiger partial charge in [-0.1, -0.05) is 0 Å². The Morgan fingerprint density at radius 1 is 1.38 bits per heavy atom. The molecule has 1 aliphatic rings. The number of hydrogen-bond donors (Lipinski definition) is 1. The molecule has 1 aliphatic heterocycles. The summed E-state index contributed by atoms with van der Waals surface area (Å²) in [5.41, 5.74) is 4.59. The molecule has 3 aromatic heterocycles. The van der Waals surface area contributed by atoms with E-state index in [0.717, 1.165) is 31.8 Å². The van der Waals surface area contributed by atoms with E-state index in [9.17, 15) is 0 Å². The fraction of sp³-hybridized carbons (Fsp3) is 0.444. The number of fused-ring (bicyclic) bond motifs is 1. The van der Waals surface area contributed by atoms with Crippen molar-refractivity contribution in [2.75, 3.05) is 13.2 Å². The minimum absolute atomic E-state index is 0.149. The minimum atomic E-state index is 0.149. The van der Waals surface area contributed by atoms with Gasteiger partial charge in [0.25, 0.3) is 0 Å². The van der Waals surface area contributed by atoms with Crippen LogP contribution in [0.4, 0.5) is 0 Å². The van der Waals surface area contributed by atoms with Gasteiger partial charge in [-0.25, -0.2) is 4.98 Å². The molecule has 1 N–H and O–H groups in total. The molecule has 0 aliphatic carbocycles. The van der Waals surface area contributed by atoms with Gasteiger partial charge in [-0.05, 0) is 31.0 Å². The van der Waals surface area contributed by atoms with Crippen LogP contribution in [-0.2, 0) is 18.3 Å². The predicted molar refractivity (Wildman–Crippen MR) is 91.6 cm³/mol. The first-order valence-electron chi connectivity index (χ1n) is 8.44. The zero-order valence-corrected chi connectivity index (χ0v) is 14.1. The number of imidazole rings is 1. The Balaban J connectivity index is 1.39. The highest BCUT2D eigenvalue weighted by molar-refractivity contribution is 5.42. The lowest BCUT2D eigenvalue weighted by molar-refractivity contribution is 0.0903. The van der Waals surface area contributed by atoms with E-state index in [1.54, 1.807) is 0 Å². The molecule has 0 unspecified atom stereocenters. The van der Waals surface area contributed by atoms with Crippen LogP contribution in [0.25, 0.3) is 5.65 Å². The lowest BCUT2D eigenvalue weighted by Gasteiger charge is -2.17. The van der Waals surface area contributed by atoms with E-state index in [0.29, 0.717) is 5.92 Å². The molecule has 4 heterocycles. The fourth-order valence-corrected chi connectivity index (χ4v) is 3.45. The number of aryl methyl sites for hydroxylation is 2. The Hall–Kier alpha value is -2.18. The molecule has 0 spiro atoms. The van der Waals surface area contributed by atoms with Crippen LogP contribution in [0.1, 0.15) is 29.3 Å². The molecule has 0 amide bonds. The number of aromatic nitrogens is 4. The number of ether oxygens (including phenoxy) is 1. The highest BCUT2D eigenvalue weighted by atomic mass is 16.5. The number of nitrogens with one attached hydrogen (secondary N) is 1. The second kappa shape index (κ2) is 6.37. The maximum atomic E-state index is 5.93. The zero-order chi connectivity index (χ0) is 16.5. The fourth-order valence-electron chi connectivity index (χ4n) is 3.45. The Morgan fingerprint density at radius 2 is 2.29 bits per heavy atom. The van der Waals surface area contributed by atoms with Crippen molar-refractivity contribution in [2.24, 2.45) is 13.0 Å². The molecule has 6 nitrogen and oxygen atoms in total. The monoisotopic (exact) mass is 325 g/mol. The average Bonchev–Trinajstić information content (AvgIpc) is 3.27. The highest BCUT2D eigenvalue weighted by Crippen LogP contribution is 2.33. The number of hydrogen-bond acceptors (Lipinski definition) is 4. The topological polar surface area (TPSA) is 56.4 Å². The Morgan fingerprint density at radius 3 is 3.12 bits per heavy atom. The second-order valence-corrected chi connectivity index (χ2v) is 6.60. The van der Waals surface area contributed by atoms with Gasteiger partial charge < -0.3 is 14.5 Å². The van der Waals surface area contributed by atoms with Crippen LogP contribution in [0.15, 0.2) is 36.9 Å². The first-order valence-corrected chi connectivity index (χ1v) is 8.44. The van der Waals surface area contributed by atoms with Crippen LogP contribution >= 0.6 is 0 Å². The molecule has 2 atom stereocenters. The quantitative estimate of drug-likeness (QED) is 0.782. The Bertz CT molecular complexity index is 837. The van der Waals surface area contributed by atoms with Crippen molar-refractivity contribution in [1.82, 2.24) is 24.5 Å². The predicted octanol–water partition coefficient (Wildman–Crippen LogP) is 2.24. The highest BCUT2D eigenvalue weighted by Gasteiger charge is 2.30. The molecule has 24 heavy (non-hydrogen) atoms. The first-order chi connectivity index (χ1) is 11.7. The third-order valence-electron chi connectivity index (χ3n) is 4.73. The van der Waals surface area contributed by atoms with Crippen LogP contribution in [0.2, 0.25) is 0 Å². The molecule has 0 bridgehead atoms. The summed E-state index contributed by atoms with van der Waals surface area (Å²) in [6, 6.07) is 4.22. The molecule has 126 valence electrons. The van der Waals surface area contributed by atoms with Gasteiger partial charge in [0.15, 0.2) is 0 Å². The normalized spacial score (nSPS) is 20.9. The maximum Gasteiger partial charge on any atom is 0.137 e. The van der Waals surface area contributed by atoms with Crippen LogP contribution in [0, 0.1) is 12.8 Å². The largest absolute Gasteiger partial charge is 0.373 e. The first kappa shape index (κ1) is 15.4. The Kier molecular flexibility index (Phi) is 4.08. The molecule has 0 radical (unpaired) electrons. The van der Waals surface area contributed by atoms with Gasteiger partial charge in [0.2, 0.25) is 0 Å². The van der Waals surface area contributed by atoms with Crippen molar-refractivity contribution in [3.8, 4) is 0 Å². The third kappa shape index (κ3) is 2.95. The smallest absolute Gasteiger partial charge is 0.137 e. The van der Waals surface area contributed by atoms with Crippen molar-refractivity contribution in [3.63, 3.8) is 0 Å². The molecule has 3 aromatic rings.